The van der Waals surface area contributed by atoms with Crippen LogP contribution in [-0.4, -0.2) is 32.2 Å². The molecule has 0 amide bonds. The average Bonchev–Trinajstić information content (AvgIpc) is 4.48. The van der Waals surface area contributed by atoms with Gasteiger partial charge in [-0.1, -0.05) is 140 Å². The first-order chi connectivity index (χ1) is 38.2. The highest BCUT2D eigenvalue weighted by Crippen LogP contribution is 2.40. The van der Waals surface area contributed by atoms with Gasteiger partial charge in [0.25, 0.3) is 0 Å². The number of fused-ring (bicyclic) bond motifs is 12. The number of hydrogen-bond donors (Lipinski definition) is 0. The Morgan fingerprint density at radius 3 is 1.29 bits per heavy atom. The third-order valence-corrected chi connectivity index (χ3v) is 20.3. The van der Waals surface area contributed by atoms with Gasteiger partial charge in [0.1, 0.15) is 16.8 Å². The lowest BCUT2D eigenvalue weighted by Crippen LogP contribution is -2.76. The predicted molar refractivity (Wildman–Crippen MR) is 318 cm³/mol. The largest absolute Gasteiger partial charge is 0.455 e. The van der Waals surface area contributed by atoms with Crippen molar-refractivity contribution >= 4 is 117 Å². The second kappa shape index (κ2) is 16.9. The predicted octanol–water partition coefficient (Wildman–Crippen LogP) is 14.6. The summed E-state index contributed by atoms with van der Waals surface area (Å²) in [6, 6.07) is 86.3. The van der Waals surface area contributed by atoms with Gasteiger partial charge in [0.15, 0.2) is 11.2 Å². The first-order valence-electron chi connectivity index (χ1n) is 26.0. The molecule has 360 valence electrons. The minimum atomic E-state index is -3.49. The van der Waals surface area contributed by atoms with Crippen LogP contribution in [0.25, 0.3) is 121 Å². The van der Waals surface area contributed by atoms with Gasteiger partial charge in [-0.25, -0.2) is 4.98 Å². The van der Waals surface area contributed by atoms with Crippen LogP contribution in [0.1, 0.15) is 0 Å². The number of furan rings is 2. The van der Waals surface area contributed by atoms with Gasteiger partial charge < -0.3 is 13.4 Å². The Balaban J connectivity index is 0.878. The van der Waals surface area contributed by atoms with Crippen LogP contribution >= 0.6 is 0 Å². The summed E-state index contributed by atoms with van der Waals surface area (Å²) in [5.74, 6) is 0. The molecule has 0 unspecified atom stereocenters. The van der Waals surface area contributed by atoms with Gasteiger partial charge in [-0.05, 0) is 136 Å². The maximum atomic E-state index is 7.15. The molecule has 77 heavy (non-hydrogen) atoms. The molecule has 7 aromatic heterocycles. The van der Waals surface area contributed by atoms with Gasteiger partial charge in [-0.15, -0.1) is 0 Å². The van der Waals surface area contributed by atoms with Crippen LogP contribution in [0.5, 0.6) is 0 Å². The summed E-state index contributed by atoms with van der Waals surface area (Å²) in [6.07, 6.45) is 5.77. The first-order valence-corrected chi connectivity index (χ1v) is 28.0. The number of pyridine rings is 3. The molecule has 0 N–H and O–H groups in total. The van der Waals surface area contributed by atoms with E-state index in [1.165, 1.54) is 21.8 Å². The molecule has 16 aromatic rings. The number of nitrogens with zero attached hydrogens (tertiary/aromatic N) is 5. The van der Waals surface area contributed by atoms with E-state index in [-0.39, 0.29) is 0 Å². The normalized spacial score (nSPS) is 12.2. The number of hydrogen-bond acceptors (Lipinski definition) is 5. The van der Waals surface area contributed by atoms with E-state index < -0.39 is 8.07 Å². The summed E-state index contributed by atoms with van der Waals surface area (Å²) in [5, 5.41) is 12.7. The smallest absolute Gasteiger partial charge is 0.233 e. The van der Waals surface area contributed by atoms with E-state index in [0.29, 0.717) is 0 Å². The zero-order valence-corrected chi connectivity index (χ0v) is 42.4. The van der Waals surface area contributed by atoms with Crippen LogP contribution in [0.15, 0.2) is 270 Å². The quantitative estimate of drug-likeness (QED) is 0.142. The molecule has 0 bridgehead atoms. The summed E-state index contributed by atoms with van der Waals surface area (Å²) in [6.45, 7) is 0. The molecule has 8 heteroatoms. The van der Waals surface area contributed by atoms with E-state index >= 15 is 0 Å². The fourth-order valence-corrected chi connectivity index (χ4v) is 17.0. The van der Waals surface area contributed by atoms with E-state index in [9.17, 15) is 0 Å². The number of aromatic nitrogens is 5. The Kier molecular flexibility index (Phi) is 9.52. The Morgan fingerprint density at radius 2 is 0.727 bits per heavy atom. The molecule has 16 rings (SSSR count). The van der Waals surface area contributed by atoms with Gasteiger partial charge in [0, 0.05) is 73.1 Å². The van der Waals surface area contributed by atoms with Gasteiger partial charge in [-0.2, -0.15) is 0 Å². The van der Waals surface area contributed by atoms with Crippen molar-refractivity contribution in [2.75, 3.05) is 0 Å². The van der Waals surface area contributed by atoms with Crippen molar-refractivity contribution in [2.45, 2.75) is 0 Å². The third kappa shape index (κ3) is 6.46. The molecule has 0 saturated heterocycles. The Labute approximate surface area is 442 Å². The van der Waals surface area contributed by atoms with Crippen LogP contribution < -0.4 is 21.0 Å². The van der Waals surface area contributed by atoms with Gasteiger partial charge in [0.2, 0.25) is 8.07 Å². The van der Waals surface area contributed by atoms with Crippen molar-refractivity contribution in [3.8, 4) is 33.6 Å². The number of rotatable bonds is 8. The van der Waals surface area contributed by atoms with Crippen molar-refractivity contribution in [3.05, 3.63) is 261 Å². The van der Waals surface area contributed by atoms with Crippen LogP contribution in [0.3, 0.4) is 0 Å². The lowest BCUT2D eigenvalue weighted by atomic mass is 10.0. The van der Waals surface area contributed by atoms with Crippen molar-refractivity contribution in [2.24, 2.45) is 0 Å². The molecule has 9 aromatic carbocycles. The average molecular weight is 1000 g/mol. The summed E-state index contributed by atoms with van der Waals surface area (Å²) < 4.78 is 18.9. The fraction of sp³-hybridized carbons (Fsp3) is 0. The molecule has 0 aliphatic heterocycles. The molecule has 0 saturated carbocycles. The van der Waals surface area contributed by atoms with Crippen LogP contribution in [0.4, 0.5) is 0 Å². The second-order valence-corrected chi connectivity index (χ2v) is 23.5. The zero-order valence-electron chi connectivity index (χ0n) is 41.4. The Morgan fingerprint density at radius 1 is 0.299 bits per heavy atom. The molecular weight excluding hydrogens is 959 g/mol. The molecule has 0 aliphatic rings. The fourth-order valence-electron chi connectivity index (χ4n) is 12.4. The molecule has 0 radical (unpaired) electrons. The summed E-state index contributed by atoms with van der Waals surface area (Å²) in [4.78, 5) is 15.7. The van der Waals surface area contributed by atoms with E-state index in [0.717, 1.165) is 120 Å². The highest BCUT2D eigenvalue weighted by atomic mass is 28.3. The molecular formula is C69H43N5O2Si. The van der Waals surface area contributed by atoms with E-state index in [1.807, 2.05) is 30.7 Å². The molecule has 0 aliphatic carbocycles. The number of para-hydroxylation sites is 3. The first kappa shape index (κ1) is 43.3. The SMILES string of the molecule is c1ccc(-n2c3ccccc3c3cc(-c4ccc5oc6c([Si](c7ccccc7)(c7ccccc7)c7nccc8c7oc7ccc(-c9ccc%10c(c9)c9cccnc9n%10-c9ccccc9)cc78)nccc6c5c4)ccc32)cc1. The zero-order chi connectivity index (χ0) is 50.6. The Hall–Kier alpha value is -10.2. The summed E-state index contributed by atoms with van der Waals surface area (Å²) >= 11 is 0. The highest BCUT2D eigenvalue weighted by molar-refractivity contribution is 7.20. The monoisotopic (exact) mass is 1000 g/mol. The maximum Gasteiger partial charge on any atom is 0.233 e. The summed E-state index contributed by atoms with van der Waals surface area (Å²) in [5.41, 5.74) is 14.1. The molecule has 0 atom stereocenters. The maximum absolute atomic E-state index is 7.15. The lowest BCUT2D eigenvalue weighted by Gasteiger charge is -2.31. The number of benzene rings is 9. The van der Waals surface area contributed by atoms with Gasteiger partial charge >= 0.3 is 0 Å². The van der Waals surface area contributed by atoms with E-state index in [2.05, 4.69) is 240 Å². The van der Waals surface area contributed by atoms with Crippen LogP contribution in [0, 0.1) is 0 Å². The van der Waals surface area contributed by atoms with Gasteiger partial charge in [-0.3, -0.25) is 14.5 Å². The molecule has 0 fully saturated rings. The topological polar surface area (TPSA) is 74.8 Å². The van der Waals surface area contributed by atoms with Gasteiger partial charge in [0.05, 0.1) is 27.2 Å². The van der Waals surface area contributed by atoms with Crippen LogP contribution in [0.2, 0.25) is 0 Å². The second-order valence-electron chi connectivity index (χ2n) is 19.9. The molecule has 7 nitrogen and oxygen atoms in total. The highest BCUT2D eigenvalue weighted by Gasteiger charge is 2.49. The van der Waals surface area contributed by atoms with Crippen molar-refractivity contribution in [1.82, 2.24) is 24.1 Å². The molecule has 0 spiro atoms. The standard InChI is InChI=1S/C69H43N5O2Si/c1-5-16-48(17-6-1)73-60-26-14-13-24-52(60)56-40-44(27-31-61(56)73)46-29-33-63-58(42-46)53-35-38-71-68(65(53)75-63)77(50-20-9-3-10-21-50,51-22-11-4-12-23-51)69-66-54(36-39-72-69)59-43-47(30-34-64(59)76-66)45-28-32-62-57(41-45)55-25-15-37-70-67(55)74(62)49-18-7-2-8-19-49/h1-43H. The van der Waals surface area contributed by atoms with E-state index in [4.69, 9.17) is 23.8 Å². The van der Waals surface area contributed by atoms with E-state index in [1.54, 1.807) is 0 Å². The Bertz CT molecular complexity index is 4670. The molecule has 7 heterocycles. The minimum Gasteiger partial charge on any atom is -0.455 e. The van der Waals surface area contributed by atoms with Crippen LogP contribution in [-0.2, 0) is 0 Å². The van der Waals surface area contributed by atoms with Crippen molar-refractivity contribution < 1.29 is 8.83 Å². The lowest BCUT2D eigenvalue weighted by molar-refractivity contribution is 0.669. The van der Waals surface area contributed by atoms with Crippen molar-refractivity contribution in [1.29, 1.82) is 0 Å². The third-order valence-electron chi connectivity index (χ3n) is 15.8. The summed E-state index contributed by atoms with van der Waals surface area (Å²) in [7, 11) is -3.49. The minimum absolute atomic E-state index is 0.743. The van der Waals surface area contributed by atoms with Crippen molar-refractivity contribution in [3.63, 3.8) is 0 Å².